The topological polar surface area (TPSA) is 88.5 Å². The Morgan fingerprint density at radius 1 is 1.10 bits per heavy atom. The molecule has 0 aliphatic carbocycles. The van der Waals surface area contributed by atoms with Crippen LogP contribution < -0.4 is 0 Å². The lowest BCUT2D eigenvalue weighted by Crippen LogP contribution is -2.50. The zero-order valence-corrected chi connectivity index (χ0v) is 12.9. The molecule has 3 aliphatic rings. The number of nitrogens with zero attached hydrogens (tertiary/aromatic N) is 1. The van der Waals surface area contributed by atoms with Gasteiger partial charge in [0, 0.05) is 0 Å². The quantitative estimate of drug-likeness (QED) is 0.666. The molecule has 0 aromatic carbocycles. The summed E-state index contributed by atoms with van der Waals surface area (Å²) in [6.07, 6.45) is -3.57. The van der Waals surface area contributed by atoms with E-state index in [2.05, 4.69) is 0 Å². The van der Waals surface area contributed by atoms with Crippen molar-refractivity contribution < 1.29 is 29.2 Å². The van der Waals surface area contributed by atoms with Gasteiger partial charge in [-0.05, 0) is 34.6 Å². The van der Waals surface area contributed by atoms with Crippen LogP contribution in [0, 0.1) is 0 Å². The van der Waals surface area contributed by atoms with Crippen molar-refractivity contribution in [3.63, 3.8) is 0 Å². The van der Waals surface area contributed by atoms with Crippen molar-refractivity contribution in [1.82, 2.24) is 4.90 Å². The van der Waals surface area contributed by atoms with Crippen LogP contribution in [0.3, 0.4) is 0 Å². The molecule has 3 rings (SSSR count). The molecular weight excluding hydrogens is 278 g/mol. The molecule has 0 aromatic rings. The number of aliphatic hydroxyl groups is 2. The van der Waals surface area contributed by atoms with Crippen LogP contribution >= 0.6 is 0 Å². The molecule has 6 atom stereocenters. The van der Waals surface area contributed by atoms with Gasteiger partial charge in [0.15, 0.2) is 5.79 Å². The highest BCUT2D eigenvalue weighted by Crippen LogP contribution is 2.48. The molecule has 0 aromatic heterocycles. The van der Waals surface area contributed by atoms with Gasteiger partial charge in [-0.2, -0.15) is 0 Å². The van der Waals surface area contributed by atoms with E-state index in [0.29, 0.717) is 0 Å². The lowest BCUT2D eigenvalue weighted by atomic mass is 9.90. The van der Waals surface area contributed by atoms with Gasteiger partial charge in [0.1, 0.15) is 30.0 Å². The van der Waals surface area contributed by atoms with E-state index in [0.717, 1.165) is 0 Å². The number of hydrogen-bond donors (Lipinski definition) is 2. The summed E-state index contributed by atoms with van der Waals surface area (Å²) < 4.78 is 17.0. The Balaban J connectivity index is 1.87. The highest BCUT2D eigenvalue weighted by Gasteiger charge is 2.69. The molecule has 2 bridgehead atoms. The average molecular weight is 301 g/mol. The highest BCUT2D eigenvalue weighted by atomic mass is 16.8. The summed E-state index contributed by atoms with van der Waals surface area (Å²) in [5.41, 5.74) is -0.648. The van der Waals surface area contributed by atoms with E-state index in [9.17, 15) is 15.0 Å². The molecule has 0 saturated carbocycles. The maximum absolute atomic E-state index is 12.4. The van der Waals surface area contributed by atoms with E-state index in [-0.39, 0.29) is 0 Å². The monoisotopic (exact) mass is 301 g/mol. The third kappa shape index (κ3) is 2.23. The summed E-state index contributed by atoms with van der Waals surface area (Å²) in [5.74, 6) is -0.782. The summed E-state index contributed by atoms with van der Waals surface area (Å²) >= 11 is 0. The van der Waals surface area contributed by atoms with Gasteiger partial charge in [-0.15, -0.1) is 0 Å². The molecule has 0 radical (unpaired) electrons. The van der Waals surface area contributed by atoms with Crippen molar-refractivity contribution in [3.05, 3.63) is 0 Å². The molecule has 120 valence electrons. The van der Waals surface area contributed by atoms with E-state index in [1.807, 2.05) is 0 Å². The zero-order valence-electron chi connectivity index (χ0n) is 12.9. The second-order valence-electron chi connectivity index (χ2n) is 7.41. The Morgan fingerprint density at radius 3 is 1.90 bits per heavy atom. The van der Waals surface area contributed by atoms with Gasteiger partial charge >= 0.3 is 6.09 Å². The molecular formula is C14H23NO6. The number of carbonyl (C=O) groups is 1. The number of hydrogen-bond acceptors (Lipinski definition) is 6. The number of amides is 1. The maximum atomic E-state index is 12.4. The third-order valence-electron chi connectivity index (χ3n) is 4.13. The molecule has 21 heavy (non-hydrogen) atoms. The lowest BCUT2D eigenvalue weighted by molar-refractivity contribution is -0.163. The number of rotatable bonds is 0. The van der Waals surface area contributed by atoms with Gasteiger partial charge in [-0.25, -0.2) is 4.79 Å². The molecule has 3 aliphatic heterocycles. The van der Waals surface area contributed by atoms with Crippen molar-refractivity contribution >= 4 is 6.09 Å². The van der Waals surface area contributed by atoms with Crippen LogP contribution in [-0.2, 0) is 14.2 Å². The Hall–Kier alpha value is -0.890. The van der Waals surface area contributed by atoms with Crippen LogP contribution in [0.15, 0.2) is 0 Å². The minimum Gasteiger partial charge on any atom is -0.444 e. The van der Waals surface area contributed by atoms with Gasteiger partial charge in [-0.3, -0.25) is 4.90 Å². The second-order valence-corrected chi connectivity index (χ2v) is 7.41. The smallest absolute Gasteiger partial charge is 0.411 e. The molecule has 3 saturated heterocycles. The van der Waals surface area contributed by atoms with Gasteiger partial charge < -0.3 is 24.4 Å². The first-order valence-corrected chi connectivity index (χ1v) is 7.25. The summed E-state index contributed by atoms with van der Waals surface area (Å²) in [4.78, 5) is 13.8. The number of fused-ring (bicyclic) bond motifs is 5. The molecule has 0 unspecified atom stereocenters. The normalized spacial score (nSPS) is 44.0. The van der Waals surface area contributed by atoms with Gasteiger partial charge in [-0.1, -0.05) is 0 Å². The fourth-order valence-corrected chi connectivity index (χ4v) is 3.54. The minimum atomic E-state index is -1.05. The van der Waals surface area contributed by atoms with Crippen molar-refractivity contribution in [2.75, 3.05) is 0 Å². The van der Waals surface area contributed by atoms with E-state index in [4.69, 9.17) is 14.2 Å². The van der Waals surface area contributed by atoms with Gasteiger partial charge in [0.25, 0.3) is 0 Å². The summed E-state index contributed by atoms with van der Waals surface area (Å²) in [6, 6.07) is -1.29. The largest absolute Gasteiger partial charge is 0.444 e. The lowest BCUT2D eigenvalue weighted by Gasteiger charge is -2.30. The third-order valence-corrected chi connectivity index (χ3v) is 4.13. The fraction of sp³-hybridized carbons (Fsp3) is 0.929. The summed E-state index contributed by atoms with van der Waals surface area (Å²) in [6.45, 7) is 8.87. The first-order valence-electron chi connectivity index (χ1n) is 7.25. The van der Waals surface area contributed by atoms with E-state index in [1.165, 1.54) is 4.90 Å². The minimum absolute atomic E-state index is 0.448. The van der Waals surface area contributed by atoms with Crippen LogP contribution in [-0.4, -0.2) is 69.1 Å². The van der Waals surface area contributed by atoms with Crippen LogP contribution in [0.5, 0.6) is 0 Å². The zero-order chi connectivity index (χ0) is 15.7. The molecule has 7 nitrogen and oxygen atoms in total. The van der Waals surface area contributed by atoms with Crippen LogP contribution in [0.1, 0.15) is 34.6 Å². The predicted octanol–water partition coefficient (Wildman–Crippen LogP) is 0.230. The van der Waals surface area contributed by atoms with E-state index in [1.54, 1.807) is 34.6 Å². The fourth-order valence-electron chi connectivity index (χ4n) is 3.54. The molecule has 2 N–H and O–H groups in total. The Kier molecular flexibility index (Phi) is 3.09. The molecule has 3 fully saturated rings. The number of ether oxygens (including phenoxy) is 3. The van der Waals surface area contributed by atoms with Gasteiger partial charge in [0.2, 0.25) is 0 Å². The molecule has 3 heterocycles. The SMILES string of the molecule is CC(C)(C)OC(=O)N1[C@@H]2[C@@H](O)[C@@H](O)[C@H]1[C@@H]1OC(C)(C)O[C@@H]12. The number of aliphatic hydroxyl groups excluding tert-OH is 2. The Bertz CT molecular complexity index is 433. The first kappa shape index (κ1) is 15.0. The van der Waals surface area contributed by atoms with Crippen molar-refractivity contribution in [2.45, 2.75) is 82.5 Å². The Labute approximate surface area is 123 Å². The van der Waals surface area contributed by atoms with Crippen LogP contribution in [0.2, 0.25) is 0 Å². The molecule has 1 amide bonds. The molecule has 7 heteroatoms. The summed E-state index contributed by atoms with van der Waals surface area (Å²) in [7, 11) is 0. The van der Waals surface area contributed by atoms with Crippen molar-refractivity contribution in [3.8, 4) is 0 Å². The standard InChI is InChI=1S/C14H23NO6/c1-13(2,3)21-12(18)15-6-8(16)9(17)7(15)11-10(6)19-14(4,5)20-11/h6-11,16-17H,1-5H3/t6-,7+,8-,9+,10-,11+. The average Bonchev–Trinajstić information content (AvgIpc) is 2.82. The van der Waals surface area contributed by atoms with E-state index >= 15 is 0 Å². The number of carbonyl (C=O) groups excluding carboxylic acids is 1. The molecule has 0 spiro atoms. The van der Waals surface area contributed by atoms with Crippen LogP contribution in [0.25, 0.3) is 0 Å². The van der Waals surface area contributed by atoms with Gasteiger partial charge in [0.05, 0.1) is 12.1 Å². The van der Waals surface area contributed by atoms with E-state index < -0.39 is 54.0 Å². The van der Waals surface area contributed by atoms with Crippen molar-refractivity contribution in [2.24, 2.45) is 0 Å². The highest BCUT2D eigenvalue weighted by molar-refractivity contribution is 5.71. The maximum Gasteiger partial charge on any atom is 0.411 e. The van der Waals surface area contributed by atoms with Crippen molar-refractivity contribution in [1.29, 1.82) is 0 Å². The first-order chi connectivity index (χ1) is 9.52. The Morgan fingerprint density at radius 2 is 1.52 bits per heavy atom. The summed E-state index contributed by atoms with van der Waals surface area (Å²) in [5, 5.41) is 20.4. The predicted molar refractivity (Wildman–Crippen MR) is 71.5 cm³/mol. The van der Waals surface area contributed by atoms with Crippen LogP contribution in [0.4, 0.5) is 4.79 Å². The second kappa shape index (κ2) is 4.32.